The molecule has 0 radical (unpaired) electrons. The second kappa shape index (κ2) is 11.4. The molecular formula is C18H25IO6. The van der Waals surface area contributed by atoms with E-state index in [4.69, 9.17) is 18.9 Å². The molecule has 0 bridgehead atoms. The fraction of sp³-hybridized carbons (Fsp3) is 0.556. The minimum Gasteiger partial charge on any atom is -0.462 e. The molecule has 6 nitrogen and oxygen atoms in total. The monoisotopic (exact) mass is 464 g/mol. The van der Waals surface area contributed by atoms with Crippen molar-refractivity contribution in [1.29, 1.82) is 0 Å². The van der Waals surface area contributed by atoms with Crippen molar-refractivity contribution < 1.29 is 28.5 Å². The highest BCUT2D eigenvalue weighted by Crippen LogP contribution is 2.15. The fourth-order valence-electron chi connectivity index (χ4n) is 1.86. The molecule has 0 amide bonds. The van der Waals surface area contributed by atoms with Gasteiger partial charge in [0.05, 0.1) is 36.5 Å². The van der Waals surface area contributed by atoms with E-state index >= 15 is 0 Å². The number of rotatable bonds is 10. The molecule has 7 heteroatoms. The lowest BCUT2D eigenvalue weighted by molar-refractivity contribution is 0.0389. The maximum atomic E-state index is 12.1. The smallest absolute Gasteiger partial charge is 0.338 e. The Morgan fingerprint density at radius 1 is 0.880 bits per heavy atom. The van der Waals surface area contributed by atoms with E-state index < -0.39 is 11.9 Å². The lowest BCUT2D eigenvalue weighted by atomic mass is 10.1. The Kier molecular flexibility index (Phi) is 9.99. The molecule has 0 heterocycles. The van der Waals surface area contributed by atoms with Crippen molar-refractivity contribution in [2.45, 2.75) is 38.9 Å². The standard InChI is InChI=1S/C18H25IO6/c1-12(22-3)5-7-24-17(20)14-9-15(11-16(19)10-14)18(21)25-8-6-13(2)23-4/h9-13H,5-8H2,1-4H3/t12-,13-/m1/s1. The van der Waals surface area contributed by atoms with Gasteiger partial charge in [0, 0.05) is 30.6 Å². The van der Waals surface area contributed by atoms with E-state index in [2.05, 4.69) is 22.6 Å². The van der Waals surface area contributed by atoms with Gasteiger partial charge in [-0.25, -0.2) is 9.59 Å². The summed E-state index contributed by atoms with van der Waals surface area (Å²) in [6.45, 7) is 4.32. The van der Waals surface area contributed by atoms with Crippen LogP contribution in [0.15, 0.2) is 18.2 Å². The molecule has 0 aliphatic carbocycles. The van der Waals surface area contributed by atoms with Crippen molar-refractivity contribution >= 4 is 34.5 Å². The number of carbonyl (C=O) groups is 2. The summed E-state index contributed by atoms with van der Waals surface area (Å²) in [5.74, 6) is -0.937. The van der Waals surface area contributed by atoms with Crippen LogP contribution in [0.2, 0.25) is 0 Å². The van der Waals surface area contributed by atoms with Crippen LogP contribution in [0.5, 0.6) is 0 Å². The van der Waals surface area contributed by atoms with Gasteiger partial charge in [-0.15, -0.1) is 0 Å². The highest BCUT2D eigenvalue weighted by Gasteiger charge is 2.15. The van der Waals surface area contributed by atoms with Gasteiger partial charge in [-0.05, 0) is 54.6 Å². The predicted molar refractivity (Wildman–Crippen MR) is 102 cm³/mol. The van der Waals surface area contributed by atoms with E-state index in [1.165, 1.54) is 6.07 Å². The van der Waals surface area contributed by atoms with Crippen LogP contribution in [-0.2, 0) is 18.9 Å². The third-order valence-corrected chi connectivity index (χ3v) is 4.31. The maximum Gasteiger partial charge on any atom is 0.338 e. The van der Waals surface area contributed by atoms with E-state index in [1.807, 2.05) is 13.8 Å². The van der Waals surface area contributed by atoms with E-state index in [0.29, 0.717) is 24.0 Å². The average molecular weight is 464 g/mol. The normalized spacial score (nSPS) is 13.2. The summed E-state index contributed by atoms with van der Waals surface area (Å²) in [5.41, 5.74) is 0.656. The zero-order valence-corrected chi connectivity index (χ0v) is 17.2. The molecule has 1 aromatic rings. The van der Waals surface area contributed by atoms with Crippen molar-refractivity contribution in [3.05, 3.63) is 32.9 Å². The third-order valence-electron chi connectivity index (χ3n) is 3.69. The number of carbonyl (C=O) groups excluding carboxylic acids is 2. The molecule has 140 valence electrons. The average Bonchev–Trinajstić information content (AvgIpc) is 2.60. The molecule has 0 N–H and O–H groups in total. The first-order valence-electron chi connectivity index (χ1n) is 8.07. The Bertz CT molecular complexity index is 528. The minimum absolute atomic E-state index is 0.0174. The van der Waals surface area contributed by atoms with Crippen molar-refractivity contribution in [1.82, 2.24) is 0 Å². The zero-order chi connectivity index (χ0) is 18.8. The summed E-state index contributed by atoms with van der Waals surface area (Å²) in [5, 5.41) is 0. The Hall–Kier alpha value is -1.19. The lowest BCUT2D eigenvalue weighted by Crippen LogP contribution is -2.15. The Labute approximate surface area is 162 Å². The second-order valence-corrected chi connectivity index (χ2v) is 6.92. The number of ether oxygens (including phenoxy) is 4. The molecule has 1 aromatic carbocycles. The largest absolute Gasteiger partial charge is 0.462 e. The fourth-order valence-corrected chi connectivity index (χ4v) is 2.53. The zero-order valence-electron chi connectivity index (χ0n) is 15.0. The van der Waals surface area contributed by atoms with Gasteiger partial charge in [-0.2, -0.15) is 0 Å². The van der Waals surface area contributed by atoms with Crippen LogP contribution >= 0.6 is 22.6 Å². The summed E-state index contributed by atoms with van der Waals surface area (Å²) in [4.78, 5) is 24.3. The summed E-state index contributed by atoms with van der Waals surface area (Å²) < 4.78 is 21.4. The number of hydrogen-bond acceptors (Lipinski definition) is 6. The first-order valence-corrected chi connectivity index (χ1v) is 9.15. The molecule has 0 saturated carbocycles. The maximum absolute atomic E-state index is 12.1. The quantitative estimate of drug-likeness (QED) is 0.390. The van der Waals surface area contributed by atoms with Gasteiger partial charge in [0.1, 0.15) is 0 Å². The highest BCUT2D eigenvalue weighted by molar-refractivity contribution is 14.1. The van der Waals surface area contributed by atoms with Crippen LogP contribution in [-0.4, -0.2) is 51.6 Å². The Morgan fingerprint density at radius 3 is 1.64 bits per heavy atom. The molecular weight excluding hydrogens is 439 g/mol. The van der Waals surface area contributed by atoms with Crippen molar-refractivity contribution in [2.75, 3.05) is 27.4 Å². The molecule has 0 unspecified atom stereocenters. The number of esters is 2. The molecule has 0 saturated heterocycles. The number of hydrogen-bond donors (Lipinski definition) is 0. The lowest BCUT2D eigenvalue weighted by Gasteiger charge is -2.11. The van der Waals surface area contributed by atoms with E-state index in [0.717, 1.165) is 3.57 Å². The van der Waals surface area contributed by atoms with Crippen LogP contribution in [0, 0.1) is 3.57 Å². The molecule has 25 heavy (non-hydrogen) atoms. The SMILES string of the molecule is CO[C@H](C)CCOC(=O)c1cc(I)cc(C(=O)OCC[C@@H](C)OC)c1. The van der Waals surface area contributed by atoms with E-state index in [-0.39, 0.29) is 25.4 Å². The topological polar surface area (TPSA) is 71.1 Å². The number of benzene rings is 1. The number of methoxy groups -OCH3 is 2. The van der Waals surface area contributed by atoms with Gasteiger partial charge >= 0.3 is 11.9 Å². The number of halogens is 1. The molecule has 0 aliphatic rings. The molecule has 0 fully saturated rings. The predicted octanol–water partition coefficient (Wildman–Crippen LogP) is 3.45. The Balaban J connectivity index is 2.65. The van der Waals surface area contributed by atoms with Crippen LogP contribution in [0.1, 0.15) is 47.4 Å². The minimum atomic E-state index is -0.469. The summed E-state index contributed by atoms with van der Waals surface area (Å²) in [7, 11) is 3.22. The summed E-state index contributed by atoms with van der Waals surface area (Å²) in [6, 6.07) is 4.84. The Morgan fingerprint density at radius 2 is 1.28 bits per heavy atom. The van der Waals surface area contributed by atoms with E-state index in [1.54, 1.807) is 26.4 Å². The molecule has 1 rings (SSSR count). The second-order valence-electron chi connectivity index (χ2n) is 5.67. The summed E-state index contributed by atoms with van der Waals surface area (Å²) in [6.07, 6.45) is 1.25. The van der Waals surface area contributed by atoms with Gasteiger partial charge in [0.25, 0.3) is 0 Å². The first-order chi connectivity index (χ1) is 11.9. The van der Waals surface area contributed by atoms with Gasteiger partial charge < -0.3 is 18.9 Å². The van der Waals surface area contributed by atoms with Crippen LogP contribution in [0.25, 0.3) is 0 Å². The third kappa shape index (κ3) is 8.15. The molecule has 2 atom stereocenters. The van der Waals surface area contributed by atoms with Gasteiger partial charge in [0.15, 0.2) is 0 Å². The molecule has 0 aromatic heterocycles. The van der Waals surface area contributed by atoms with Crippen LogP contribution in [0.4, 0.5) is 0 Å². The van der Waals surface area contributed by atoms with Gasteiger partial charge in [-0.1, -0.05) is 0 Å². The first kappa shape index (κ1) is 21.9. The van der Waals surface area contributed by atoms with Gasteiger partial charge in [-0.3, -0.25) is 0 Å². The van der Waals surface area contributed by atoms with Crippen molar-refractivity contribution in [3.63, 3.8) is 0 Å². The molecule has 0 spiro atoms. The highest BCUT2D eigenvalue weighted by atomic mass is 127. The molecule has 0 aliphatic heterocycles. The van der Waals surface area contributed by atoms with E-state index in [9.17, 15) is 9.59 Å². The summed E-state index contributed by atoms with van der Waals surface area (Å²) >= 11 is 2.05. The van der Waals surface area contributed by atoms with Crippen LogP contribution in [0.3, 0.4) is 0 Å². The van der Waals surface area contributed by atoms with Crippen molar-refractivity contribution in [2.24, 2.45) is 0 Å². The van der Waals surface area contributed by atoms with Crippen molar-refractivity contribution in [3.8, 4) is 0 Å². The van der Waals surface area contributed by atoms with Gasteiger partial charge in [0.2, 0.25) is 0 Å². The van der Waals surface area contributed by atoms with Crippen LogP contribution < -0.4 is 0 Å².